The van der Waals surface area contributed by atoms with Gasteiger partial charge in [-0.15, -0.1) is 0 Å². The van der Waals surface area contributed by atoms with Crippen LogP contribution in [0.4, 0.5) is 11.4 Å². The van der Waals surface area contributed by atoms with Gasteiger partial charge in [0.2, 0.25) is 0 Å². The zero-order valence-electron chi connectivity index (χ0n) is 48.4. The number of ether oxygens (including phenoxy) is 1. The van der Waals surface area contributed by atoms with Crippen molar-refractivity contribution in [2.75, 3.05) is 49.2 Å². The number of nitrogens with zero attached hydrogens (tertiary/aromatic N) is 2. The Balaban J connectivity index is 0.000000228. The van der Waals surface area contributed by atoms with Gasteiger partial charge in [0.25, 0.3) is 23.6 Å². The smallest absolute Gasteiger partial charge is 0.251 e. The van der Waals surface area contributed by atoms with E-state index in [0.717, 1.165) is 52.9 Å². The lowest BCUT2D eigenvalue weighted by atomic mass is 9.77. The molecular formula is C66H78N6O10-2. The Morgan fingerprint density at radius 2 is 0.927 bits per heavy atom. The van der Waals surface area contributed by atoms with Gasteiger partial charge in [-0.3, -0.25) is 24.0 Å². The van der Waals surface area contributed by atoms with Crippen LogP contribution in [-0.2, 0) is 35.7 Å². The number of amides is 4. The predicted molar refractivity (Wildman–Crippen MR) is 318 cm³/mol. The molecule has 0 saturated carbocycles. The number of phenols is 1. The minimum absolute atomic E-state index is 0.0154. The van der Waals surface area contributed by atoms with Crippen molar-refractivity contribution in [1.82, 2.24) is 21.3 Å². The second kappa shape index (κ2) is 30.4. The number of hydrogen-bond donors (Lipinski definition) is 6. The highest BCUT2D eigenvalue weighted by atomic mass is 16.5. The Hall–Kier alpha value is -8.47. The first-order chi connectivity index (χ1) is 39.3. The van der Waals surface area contributed by atoms with Crippen LogP contribution >= 0.6 is 0 Å². The topological polar surface area (TPSA) is 236 Å². The third-order valence-corrected chi connectivity index (χ3v) is 13.9. The van der Waals surface area contributed by atoms with Gasteiger partial charge in [-0.05, 0) is 141 Å². The normalized spacial score (nSPS) is 15.3. The van der Waals surface area contributed by atoms with Gasteiger partial charge >= 0.3 is 0 Å². The molecule has 4 amide bonds. The van der Waals surface area contributed by atoms with Crippen LogP contribution in [0.3, 0.4) is 0 Å². The number of carbonyl (C=O) groups excluding carboxylic acids is 5. The van der Waals surface area contributed by atoms with Gasteiger partial charge in [-0.2, -0.15) is 0 Å². The van der Waals surface area contributed by atoms with E-state index in [1.165, 1.54) is 43.1 Å². The Morgan fingerprint density at radius 3 is 1.27 bits per heavy atom. The summed E-state index contributed by atoms with van der Waals surface area (Å²) in [5, 5.41) is 56.3. The molecule has 6 aromatic carbocycles. The molecule has 434 valence electrons. The molecule has 16 nitrogen and oxygen atoms in total. The first-order valence-electron chi connectivity index (χ1n) is 28.1. The van der Waals surface area contributed by atoms with Crippen molar-refractivity contribution in [1.29, 1.82) is 0 Å². The summed E-state index contributed by atoms with van der Waals surface area (Å²) < 4.78 is 5.27. The number of carbonyl (C=O) groups is 5. The number of nitrogens with one attached hydrogen (secondary N) is 4. The van der Waals surface area contributed by atoms with Crippen LogP contribution in [0, 0.1) is 26.7 Å². The molecule has 6 N–H and O–H groups in total. The number of Topliss-reactive ketones (excluding diaryl/α,β-unsaturated/α-hetero) is 1. The molecular weight excluding hydrogens is 1040 g/mol. The van der Waals surface area contributed by atoms with Crippen LogP contribution in [0.5, 0.6) is 11.5 Å². The average molecular weight is 1120 g/mol. The van der Waals surface area contributed by atoms with Crippen molar-refractivity contribution in [2.45, 2.75) is 107 Å². The first kappa shape index (κ1) is 62.7. The summed E-state index contributed by atoms with van der Waals surface area (Å²) in [7, 11) is 0. The van der Waals surface area contributed by atoms with E-state index >= 15 is 0 Å². The fourth-order valence-electron chi connectivity index (χ4n) is 9.47. The standard InChI is InChI=1S/C34H32N4O4.C19H26NO6.C13H21N/c1-21-11-27-15-28(12-21)32(40)36-18-24-5-9-26(10-6-24)20-38-34(42)30-14-22(2)13-29(16-30)33(41)37-19-25-7-3-23(4-8-25)17-35-31(27)39;1-4-5-20(6-7-26-10-11(2)21)13-8-14(22)16(15(23)9-13)17-18(24)12(3)19(17)25;1-4-10-14(11-5-2)13-8-6-12(3)7-9-13/h3-16H,17-20H2,1-2H3,(H,35,39)(H,36,40)(H,37,41)(H,38,42);8-9,12,18,22-23,25H,4-7,10H2,1-3H3;6-9H,4-5,10-11H2,1-3H3/q;-1;/p-1. The number of anilines is 2. The van der Waals surface area contributed by atoms with Crippen molar-refractivity contribution >= 4 is 46.4 Å². The second-order valence-corrected chi connectivity index (χ2v) is 20.9. The Labute approximate surface area is 482 Å². The molecule has 16 heteroatoms. The van der Waals surface area contributed by atoms with Crippen molar-refractivity contribution in [3.8, 4) is 11.5 Å². The van der Waals surface area contributed by atoms with Crippen molar-refractivity contribution in [2.24, 2.45) is 5.92 Å². The summed E-state index contributed by atoms with van der Waals surface area (Å²) >= 11 is 0. The molecule has 8 bridgehead atoms. The number of phenolic OH excluding ortho intramolecular Hbond substituents is 1. The van der Waals surface area contributed by atoms with Gasteiger partial charge in [0, 0.05) is 104 Å². The maximum Gasteiger partial charge on any atom is 0.251 e. The monoisotopic (exact) mass is 1110 g/mol. The van der Waals surface area contributed by atoms with Gasteiger partial charge in [-0.25, -0.2) is 0 Å². The fraction of sp³-hybridized carbons (Fsp3) is 0.348. The van der Waals surface area contributed by atoms with E-state index in [0.29, 0.717) is 73.8 Å². The third-order valence-electron chi connectivity index (χ3n) is 13.9. The molecule has 4 aliphatic heterocycles. The van der Waals surface area contributed by atoms with Crippen LogP contribution in [0.25, 0.3) is 5.57 Å². The number of hydrogen-bond acceptors (Lipinski definition) is 12. The van der Waals surface area contributed by atoms with Crippen LogP contribution in [-0.4, -0.2) is 85.1 Å². The maximum atomic E-state index is 12.9. The highest BCUT2D eigenvalue weighted by Crippen LogP contribution is 2.46. The van der Waals surface area contributed by atoms with E-state index in [1.54, 1.807) is 43.3 Å². The van der Waals surface area contributed by atoms with Crippen molar-refractivity contribution < 1.29 is 49.1 Å². The summed E-state index contributed by atoms with van der Waals surface area (Å²) in [6.07, 6.45) is 2.03. The molecule has 0 fully saturated rings. The SMILES string of the molecule is CCCN(CCC)c1ccc(C)cc1.CCCN(CCOCC(C)=O)c1cc([O-])c(C2=C(O)C(C)C2[O-])c(O)c1.Cc1cc2cc(c1)C(=O)NCc1ccc(cc1)CNC(=O)c1cc(C)cc(c1)C(=O)NCc1ccc(cc1)CNC2=O. The molecule has 82 heavy (non-hydrogen) atoms. The van der Waals surface area contributed by atoms with Gasteiger partial charge in [0.05, 0.1) is 12.4 Å². The zero-order valence-corrected chi connectivity index (χ0v) is 48.4. The zero-order chi connectivity index (χ0) is 59.5. The number of aliphatic hydroxyl groups is 1. The number of aryl methyl sites for hydroxylation is 3. The van der Waals surface area contributed by atoms with E-state index in [9.17, 15) is 44.4 Å². The molecule has 1 aliphatic carbocycles. The number of benzene rings is 6. The van der Waals surface area contributed by atoms with Gasteiger partial charge in [-0.1, -0.05) is 106 Å². The van der Waals surface area contributed by atoms with Crippen molar-refractivity contribution in [3.63, 3.8) is 0 Å². The van der Waals surface area contributed by atoms with Crippen LogP contribution in [0.15, 0.2) is 127 Å². The Kier molecular flexibility index (Phi) is 23.2. The maximum absolute atomic E-state index is 12.9. The number of aromatic hydroxyl groups is 1. The summed E-state index contributed by atoms with van der Waals surface area (Å²) in [6.45, 7) is 20.3. The second-order valence-electron chi connectivity index (χ2n) is 20.9. The molecule has 0 radical (unpaired) electrons. The van der Waals surface area contributed by atoms with E-state index in [1.807, 2.05) is 74.2 Å². The minimum Gasteiger partial charge on any atom is -0.872 e. The molecule has 0 saturated heterocycles. The Bertz CT molecular complexity index is 2930. The summed E-state index contributed by atoms with van der Waals surface area (Å²) in [5.41, 5.74) is 9.90. The fourth-order valence-corrected chi connectivity index (χ4v) is 9.47. The molecule has 0 aromatic heterocycles. The molecule has 11 rings (SSSR count). The summed E-state index contributed by atoms with van der Waals surface area (Å²) in [6, 6.07) is 36.9. The lowest BCUT2D eigenvalue weighted by molar-refractivity contribution is -0.416. The van der Waals surface area contributed by atoms with E-state index < -0.39 is 17.8 Å². The number of aliphatic hydroxyl groups excluding tert-OH is 1. The average Bonchev–Trinajstić information content (AvgIpc) is 3.66. The highest BCUT2D eigenvalue weighted by molar-refractivity contribution is 6.01. The van der Waals surface area contributed by atoms with Crippen LogP contribution in [0.2, 0.25) is 0 Å². The molecule has 2 unspecified atom stereocenters. The highest BCUT2D eigenvalue weighted by Gasteiger charge is 2.32. The van der Waals surface area contributed by atoms with Crippen molar-refractivity contribution in [3.05, 3.63) is 194 Å². The van der Waals surface area contributed by atoms with Gasteiger partial charge in [0.1, 0.15) is 12.4 Å². The molecule has 0 spiro atoms. The molecule has 2 atom stereocenters. The largest absolute Gasteiger partial charge is 0.872 e. The Morgan fingerprint density at radius 1 is 0.549 bits per heavy atom. The van der Waals surface area contributed by atoms with Gasteiger partial charge in [0.15, 0.2) is 5.78 Å². The lowest BCUT2D eigenvalue weighted by Gasteiger charge is -2.43. The molecule has 6 aromatic rings. The van der Waals surface area contributed by atoms with E-state index in [2.05, 4.69) is 71.2 Å². The predicted octanol–water partition coefficient (Wildman–Crippen LogP) is 8.89. The quantitative estimate of drug-likeness (QED) is 0.0561. The molecule has 4 heterocycles. The first-order valence-corrected chi connectivity index (χ1v) is 28.1. The third kappa shape index (κ3) is 17.8. The van der Waals surface area contributed by atoms with Gasteiger partial charge < -0.3 is 56.2 Å². The van der Waals surface area contributed by atoms with Crippen LogP contribution in [0.1, 0.15) is 140 Å². The molecule has 5 aliphatic rings. The number of ketones is 1. The lowest BCUT2D eigenvalue weighted by Crippen LogP contribution is -2.43. The number of rotatable bonds is 14. The van der Waals surface area contributed by atoms with Crippen LogP contribution < -0.4 is 41.3 Å². The minimum atomic E-state index is -1.22. The van der Waals surface area contributed by atoms with E-state index in [4.69, 9.17) is 4.74 Å². The summed E-state index contributed by atoms with van der Waals surface area (Å²) in [4.78, 5) is 66.9. The van der Waals surface area contributed by atoms with E-state index in [-0.39, 0.29) is 58.7 Å². The summed E-state index contributed by atoms with van der Waals surface area (Å²) in [5.74, 6) is -2.65.